The third kappa shape index (κ3) is 3.74. The number of aromatic nitrogens is 4. The number of hydrogen-bond donors (Lipinski definition) is 2. The molecule has 0 radical (unpaired) electrons. The number of anilines is 1. The van der Waals surface area contributed by atoms with Gasteiger partial charge in [0.15, 0.2) is 5.65 Å². The number of carbonyl (C=O) groups is 1. The molecule has 0 aliphatic rings. The number of rotatable bonds is 6. The lowest BCUT2D eigenvalue weighted by Gasteiger charge is -2.14. The standard InChI is InChI=1S/C15H14N6O3S/c1-2-11(25-15-12-13(17-7-16-12)18-8-19-15)14(22)20-9-3-5-10(6-4-9)21(23)24/h3-8,11H,2H2,1H3,(H,20,22)(H,16,17,18,19)/t11-/m1/s1. The van der Waals surface area contributed by atoms with E-state index in [-0.39, 0.29) is 16.8 Å². The third-order valence-electron chi connectivity index (χ3n) is 3.45. The predicted octanol–water partition coefficient (Wildman–Crippen LogP) is 2.77. The minimum absolute atomic E-state index is 0.0259. The number of fused-ring (bicyclic) bond motifs is 1. The highest BCUT2D eigenvalue weighted by Gasteiger charge is 2.21. The van der Waals surface area contributed by atoms with Crippen molar-refractivity contribution in [3.05, 3.63) is 47.0 Å². The number of nitrogens with one attached hydrogen (secondary N) is 2. The maximum atomic E-state index is 12.5. The van der Waals surface area contributed by atoms with Gasteiger partial charge in [0.2, 0.25) is 5.91 Å². The molecule has 10 heteroatoms. The van der Waals surface area contributed by atoms with E-state index in [4.69, 9.17) is 0 Å². The number of nitro benzene ring substituents is 1. The van der Waals surface area contributed by atoms with E-state index in [0.717, 1.165) is 0 Å². The second-order valence-corrected chi connectivity index (χ2v) is 6.28. The second-order valence-electron chi connectivity index (χ2n) is 5.09. The average molecular weight is 358 g/mol. The summed E-state index contributed by atoms with van der Waals surface area (Å²) in [6.45, 7) is 1.90. The molecule has 1 atom stereocenters. The van der Waals surface area contributed by atoms with Crippen molar-refractivity contribution in [3.63, 3.8) is 0 Å². The molecule has 9 nitrogen and oxygen atoms in total. The first-order valence-corrected chi connectivity index (χ1v) is 8.32. The first-order valence-electron chi connectivity index (χ1n) is 7.44. The zero-order valence-electron chi connectivity index (χ0n) is 13.2. The van der Waals surface area contributed by atoms with Gasteiger partial charge in [0, 0.05) is 17.8 Å². The number of non-ortho nitro benzene ring substituents is 1. The Kier molecular flexibility index (Phi) is 4.89. The van der Waals surface area contributed by atoms with Crippen molar-refractivity contribution in [3.8, 4) is 0 Å². The molecule has 0 saturated heterocycles. The van der Waals surface area contributed by atoms with Crippen LogP contribution in [-0.2, 0) is 4.79 Å². The van der Waals surface area contributed by atoms with Crippen molar-refractivity contribution in [2.45, 2.75) is 23.6 Å². The maximum absolute atomic E-state index is 12.5. The van der Waals surface area contributed by atoms with E-state index in [2.05, 4.69) is 25.3 Å². The molecule has 128 valence electrons. The number of imidazole rings is 1. The van der Waals surface area contributed by atoms with Crippen LogP contribution in [0, 0.1) is 10.1 Å². The van der Waals surface area contributed by atoms with E-state index in [0.29, 0.717) is 28.3 Å². The lowest BCUT2D eigenvalue weighted by Crippen LogP contribution is -2.24. The van der Waals surface area contributed by atoms with E-state index in [9.17, 15) is 14.9 Å². The number of benzene rings is 1. The predicted molar refractivity (Wildman–Crippen MR) is 93.3 cm³/mol. The lowest BCUT2D eigenvalue weighted by atomic mass is 10.2. The molecule has 2 aromatic heterocycles. The molecule has 2 N–H and O–H groups in total. The molecule has 0 bridgehead atoms. The van der Waals surface area contributed by atoms with Gasteiger partial charge in [0.1, 0.15) is 16.9 Å². The number of carbonyl (C=O) groups excluding carboxylic acids is 1. The highest BCUT2D eigenvalue weighted by atomic mass is 32.2. The van der Waals surface area contributed by atoms with Crippen LogP contribution in [0.4, 0.5) is 11.4 Å². The Hall–Kier alpha value is -3.01. The van der Waals surface area contributed by atoms with E-state index in [1.165, 1.54) is 48.7 Å². The smallest absolute Gasteiger partial charge is 0.269 e. The Morgan fingerprint density at radius 1 is 1.32 bits per heavy atom. The Balaban J connectivity index is 1.73. The van der Waals surface area contributed by atoms with Crippen molar-refractivity contribution in [1.29, 1.82) is 0 Å². The van der Waals surface area contributed by atoms with E-state index < -0.39 is 4.92 Å². The van der Waals surface area contributed by atoms with Crippen molar-refractivity contribution in [1.82, 2.24) is 19.9 Å². The summed E-state index contributed by atoms with van der Waals surface area (Å²) in [5.41, 5.74) is 1.71. The van der Waals surface area contributed by atoms with Crippen LogP contribution in [0.2, 0.25) is 0 Å². The molecule has 1 amide bonds. The molecule has 1 aromatic carbocycles. The van der Waals surface area contributed by atoms with Gasteiger partial charge in [-0.2, -0.15) is 0 Å². The Labute approximate surface area is 146 Å². The summed E-state index contributed by atoms with van der Waals surface area (Å²) >= 11 is 1.32. The Morgan fingerprint density at radius 2 is 2.08 bits per heavy atom. The van der Waals surface area contributed by atoms with Crippen LogP contribution in [0.5, 0.6) is 0 Å². The monoisotopic (exact) mass is 358 g/mol. The number of thioether (sulfide) groups is 1. The topological polar surface area (TPSA) is 127 Å². The minimum Gasteiger partial charge on any atom is -0.341 e. The fourth-order valence-corrected chi connectivity index (χ4v) is 3.16. The fourth-order valence-electron chi connectivity index (χ4n) is 2.18. The number of hydrogen-bond acceptors (Lipinski definition) is 7. The zero-order chi connectivity index (χ0) is 17.8. The molecular formula is C15H14N6O3S. The van der Waals surface area contributed by atoms with Gasteiger partial charge in [-0.05, 0) is 18.6 Å². The van der Waals surface area contributed by atoms with E-state index in [1.807, 2.05) is 6.92 Å². The van der Waals surface area contributed by atoms with Gasteiger partial charge in [-0.3, -0.25) is 14.9 Å². The number of nitrogens with zero attached hydrogens (tertiary/aromatic N) is 4. The van der Waals surface area contributed by atoms with Gasteiger partial charge < -0.3 is 10.3 Å². The van der Waals surface area contributed by atoms with Crippen molar-refractivity contribution >= 4 is 40.2 Å². The van der Waals surface area contributed by atoms with Gasteiger partial charge >= 0.3 is 0 Å². The summed E-state index contributed by atoms with van der Waals surface area (Å²) in [5, 5.41) is 13.7. The minimum atomic E-state index is -0.485. The summed E-state index contributed by atoms with van der Waals surface area (Å²) in [6.07, 6.45) is 3.52. The summed E-state index contributed by atoms with van der Waals surface area (Å²) in [6, 6.07) is 5.71. The first-order chi connectivity index (χ1) is 12.1. The molecule has 0 spiro atoms. The Bertz CT molecular complexity index is 911. The first kappa shape index (κ1) is 16.8. The molecular weight excluding hydrogens is 344 g/mol. The van der Waals surface area contributed by atoms with Crippen LogP contribution in [-0.4, -0.2) is 36.0 Å². The zero-order valence-corrected chi connectivity index (χ0v) is 14.0. The van der Waals surface area contributed by atoms with Crippen molar-refractivity contribution in [2.24, 2.45) is 0 Å². The SMILES string of the molecule is CC[C@@H](Sc1ncnc2nc[nH]c12)C(=O)Nc1ccc([N+](=O)[O-])cc1. The number of amides is 1. The van der Waals surface area contributed by atoms with Crippen LogP contribution in [0.25, 0.3) is 11.2 Å². The summed E-state index contributed by atoms with van der Waals surface area (Å²) in [4.78, 5) is 38.0. The quantitative estimate of drug-likeness (QED) is 0.300. The van der Waals surface area contributed by atoms with Crippen LogP contribution in [0.1, 0.15) is 13.3 Å². The molecule has 0 fully saturated rings. The molecule has 2 heterocycles. The highest BCUT2D eigenvalue weighted by molar-refractivity contribution is 8.00. The lowest BCUT2D eigenvalue weighted by molar-refractivity contribution is -0.384. The van der Waals surface area contributed by atoms with Crippen molar-refractivity contribution < 1.29 is 9.72 Å². The molecule has 0 unspecified atom stereocenters. The third-order valence-corrected chi connectivity index (χ3v) is 4.82. The van der Waals surface area contributed by atoms with Crippen molar-refractivity contribution in [2.75, 3.05) is 5.32 Å². The number of nitro groups is 1. The summed E-state index contributed by atoms with van der Waals surface area (Å²) in [7, 11) is 0. The average Bonchev–Trinajstić information content (AvgIpc) is 3.09. The summed E-state index contributed by atoms with van der Waals surface area (Å²) in [5.74, 6) is -0.201. The van der Waals surface area contributed by atoms with Gasteiger partial charge in [-0.15, -0.1) is 0 Å². The van der Waals surface area contributed by atoms with Gasteiger partial charge in [-0.25, -0.2) is 15.0 Å². The van der Waals surface area contributed by atoms with Crippen LogP contribution >= 0.6 is 11.8 Å². The van der Waals surface area contributed by atoms with Crippen LogP contribution < -0.4 is 5.32 Å². The molecule has 3 rings (SSSR count). The molecule has 0 saturated carbocycles. The second kappa shape index (κ2) is 7.26. The molecule has 0 aliphatic carbocycles. The van der Waals surface area contributed by atoms with E-state index >= 15 is 0 Å². The largest absolute Gasteiger partial charge is 0.341 e. The maximum Gasteiger partial charge on any atom is 0.269 e. The normalized spacial score (nSPS) is 12.0. The molecule has 25 heavy (non-hydrogen) atoms. The van der Waals surface area contributed by atoms with Gasteiger partial charge in [-0.1, -0.05) is 18.7 Å². The fraction of sp³-hybridized carbons (Fsp3) is 0.200. The molecule has 3 aromatic rings. The number of H-pyrrole nitrogens is 1. The summed E-state index contributed by atoms with van der Waals surface area (Å²) < 4.78 is 0. The number of aromatic amines is 1. The van der Waals surface area contributed by atoms with E-state index in [1.54, 1.807) is 0 Å². The van der Waals surface area contributed by atoms with Gasteiger partial charge in [0.25, 0.3) is 5.69 Å². The molecule has 0 aliphatic heterocycles. The van der Waals surface area contributed by atoms with Crippen LogP contribution in [0.15, 0.2) is 41.9 Å². The highest BCUT2D eigenvalue weighted by Crippen LogP contribution is 2.28. The van der Waals surface area contributed by atoms with Crippen LogP contribution in [0.3, 0.4) is 0 Å². The Morgan fingerprint density at radius 3 is 2.76 bits per heavy atom. The van der Waals surface area contributed by atoms with Gasteiger partial charge in [0.05, 0.1) is 16.5 Å².